The number of halogens is 1. The Balaban J connectivity index is 0.000000147. The standard InChI is InChI=1S/C6H10N4.C5H4BrNO2S/c7-6-9-4-2-1-3-8-5(4)10-6;6-4-1-5(7-2-4)9-10-3-8/h1-2,4-5,8H,3H2,(H3,7,9,10);1-3,7H. The van der Waals surface area contributed by atoms with Crippen molar-refractivity contribution in [2.24, 2.45) is 10.7 Å². The van der Waals surface area contributed by atoms with Crippen LogP contribution in [0.1, 0.15) is 0 Å². The van der Waals surface area contributed by atoms with Gasteiger partial charge in [0, 0.05) is 23.3 Å². The Bertz CT molecular complexity index is 519. The van der Waals surface area contributed by atoms with Crippen LogP contribution in [0.4, 0.5) is 0 Å². The van der Waals surface area contributed by atoms with E-state index in [9.17, 15) is 4.79 Å². The molecule has 1 aromatic rings. The van der Waals surface area contributed by atoms with Gasteiger partial charge in [-0.3, -0.25) is 10.1 Å². The molecule has 2 aliphatic rings. The number of nitrogens with two attached hydrogens (primary N) is 1. The number of aliphatic imine (C=N–C) groups is 1. The summed E-state index contributed by atoms with van der Waals surface area (Å²) in [6.45, 7) is 0.900. The lowest BCUT2D eigenvalue weighted by Crippen LogP contribution is -2.49. The van der Waals surface area contributed by atoms with Gasteiger partial charge in [-0.25, -0.2) is 4.99 Å². The molecule has 7 nitrogen and oxygen atoms in total. The fraction of sp³-hybridized carbons (Fsp3) is 0.273. The Kier molecular flexibility index (Phi) is 5.50. The number of nitrogens with zero attached hydrogens (tertiary/aromatic N) is 1. The maximum absolute atomic E-state index is 9.80. The first kappa shape index (κ1) is 14.9. The molecular formula is C11H14BrN5O2S. The summed E-state index contributed by atoms with van der Waals surface area (Å²) in [7, 11) is 0. The first-order valence-electron chi connectivity index (χ1n) is 5.80. The second kappa shape index (κ2) is 7.36. The van der Waals surface area contributed by atoms with Crippen LogP contribution < -0.4 is 20.6 Å². The molecule has 2 atom stereocenters. The summed E-state index contributed by atoms with van der Waals surface area (Å²) in [6, 6.07) is 1.94. The Morgan fingerprint density at radius 3 is 3.10 bits per heavy atom. The second-order valence-electron chi connectivity index (χ2n) is 3.92. The molecule has 108 valence electrons. The van der Waals surface area contributed by atoms with Crippen LogP contribution in [0, 0.1) is 0 Å². The number of guanidine groups is 1. The maximum atomic E-state index is 9.80. The van der Waals surface area contributed by atoms with Crippen LogP contribution in [0.3, 0.4) is 0 Å². The first-order valence-corrected chi connectivity index (χ1v) is 7.39. The van der Waals surface area contributed by atoms with Gasteiger partial charge in [-0.05, 0) is 15.9 Å². The molecule has 20 heavy (non-hydrogen) atoms. The number of carbonyl (C=O) groups is 1. The number of H-pyrrole nitrogens is 1. The lowest BCUT2D eigenvalue weighted by molar-refractivity contribution is 0.481. The SMILES string of the molecule is NC1=NC2C=CCNC2N1.O=CSOc1cc(Br)c[nH]1. The zero-order valence-corrected chi connectivity index (χ0v) is 12.8. The largest absolute Gasteiger partial charge is 0.400 e. The number of rotatable bonds is 3. The first-order chi connectivity index (χ1) is 9.69. The third kappa shape index (κ3) is 4.29. The van der Waals surface area contributed by atoms with E-state index in [1.54, 1.807) is 12.3 Å². The fourth-order valence-electron chi connectivity index (χ4n) is 1.71. The van der Waals surface area contributed by atoms with E-state index in [0.29, 0.717) is 17.5 Å². The molecule has 0 aromatic carbocycles. The summed E-state index contributed by atoms with van der Waals surface area (Å²) >= 11 is 3.96. The van der Waals surface area contributed by atoms with Crippen molar-refractivity contribution in [1.82, 2.24) is 15.6 Å². The number of fused-ring (bicyclic) bond motifs is 1. The van der Waals surface area contributed by atoms with Crippen molar-refractivity contribution in [2.45, 2.75) is 12.2 Å². The van der Waals surface area contributed by atoms with Crippen molar-refractivity contribution in [3.8, 4) is 5.88 Å². The average molecular weight is 360 g/mol. The van der Waals surface area contributed by atoms with Crippen molar-refractivity contribution in [1.29, 1.82) is 0 Å². The molecule has 2 aliphatic heterocycles. The van der Waals surface area contributed by atoms with Gasteiger partial charge in [0.15, 0.2) is 5.96 Å². The molecule has 3 heterocycles. The van der Waals surface area contributed by atoms with Crippen molar-refractivity contribution in [3.05, 3.63) is 28.9 Å². The minimum atomic E-state index is 0.203. The van der Waals surface area contributed by atoms with E-state index < -0.39 is 0 Å². The minimum absolute atomic E-state index is 0.203. The van der Waals surface area contributed by atoms with Crippen molar-refractivity contribution >= 4 is 39.6 Å². The zero-order chi connectivity index (χ0) is 14.4. The van der Waals surface area contributed by atoms with Crippen LogP contribution in [0.25, 0.3) is 0 Å². The van der Waals surface area contributed by atoms with Gasteiger partial charge in [0.1, 0.15) is 24.3 Å². The van der Waals surface area contributed by atoms with E-state index in [4.69, 9.17) is 9.92 Å². The molecule has 5 N–H and O–H groups in total. The van der Waals surface area contributed by atoms with Gasteiger partial charge in [0.05, 0.1) is 0 Å². The zero-order valence-electron chi connectivity index (χ0n) is 10.4. The fourth-order valence-corrected chi connectivity index (χ4v) is 2.28. The minimum Gasteiger partial charge on any atom is -0.400 e. The van der Waals surface area contributed by atoms with E-state index >= 15 is 0 Å². The van der Waals surface area contributed by atoms with Gasteiger partial charge in [-0.15, -0.1) is 0 Å². The summed E-state index contributed by atoms with van der Waals surface area (Å²) in [6.07, 6.45) is 6.07. The molecule has 0 bridgehead atoms. The molecule has 1 aromatic heterocycles. The summed E-state index contributed by atoms with van der Waals surface area (Å²) in [5.41, 5.74) is 6.08. The van der Waals surface area contributed by atoms with E-state index in [-0.39, 0.29) is 12.2 Å². The predicted octanol–water partition coefficient (Wildman–Crippen LogP) is 0.753. The second-order valence-corrected chi connectivity index (χ2v) is 5.39. The predicted molar refractivity (Wildman–Crippen MR) is 82.9 cm³/mol. The molecule has 0 amide bonds. The smallest absolute Gasteiger partial charge is 0.215 e. The molecule has 2 unspecified atom stereocenters. The molecule has 0 aliphatic carbocycles. The van der Waals surface area contributed by atoms with E-state index in [2.05, 4.69) is 48.7 Å². The van der Waals surface area contributed by atoms with Crippen LogP contribution in [0.2, 0.25) is 0 Å². The molecule has 0 saturated carbocycles. The Morgan fingerprint density at radius 1 is 1.60 bits per heavy atom. The van der Waals surface area contributed by atoms with Crippen LogP contribution in [-0.4, -0.2) is 35.3 Å². The molecule has 9 heteroatoms. The van der Waals surface area contributed by atoms with Gasteiger partial charge in [-0.2, -0.15) is 0 Å². The highest BCUT2D eigenvalue weighted by Crippen LogP contribution is 2.18. The van der Waals surface area contributed by atoms with Crippen molar-refractivity contribution in [3.63, 3.8) is 0 Å². The van der Waals surface area contributed by atoms with E-state index in [1.165, 1.54) is 0 Å². The number of aromatic nitrogens is 1. The third-order valence-electron chi connectivity index (χ3n) is 2.52. The van der Waals surface area contributed by atoms with E-state index in [0.717, 1.165) is 23.1 Å². The Labute approximate surface area is 128 Å². The molecule has 3 rings (SSSR count). The third-order valence-corrected chi connectivity index (χ3v) is 3.33. The lowest BCUT2D eigenvalue weighted by Gasteiger charge is -2.19. The number of carbonyl (C=O) groups excluding carboxylic acids is 1. The maximum Gasteiger partial charge on any atom is 0.215 e. The summed E-state index contributed by atoms with van der Waals surface area (Å²) in [4.78, 5) is 16.7. The Hall–Kier alpha value is -1.45. The molecule has 0 saturated heterocycles. The normalized spacial score (nSPS) is 22.9. The van der Waals surface area contributed by atoms with Crippen LogP contribution in [0.15, 0.2) is 33.9 Å². The van der Waals surface area contributed by atoms with Gasteiger partial charge in [0.25, 0.3) is 0 Å². The lowest BCUT2D eigenvalue weighted by atomic mass is 10.2. The van der Waals surface area contributed by atoms with Gasteiger partial charge in [-0.1, -0.05) is 12.2 Å². The topological polar surface area (TPSA) is 105 Å². The van der Waals surface area contributed by atoms with Gasteiger partial charge >= 0.3 is 0 Å². The van der Waals surface area contributed by atoms with Gasteiger partial charge < -0.3 is 20.2 Å². The number of hydrogen-bond donors (Lipinski definition) is 4. The number of aromatic amines is 1. The summed E-state index contributed by atoms with van der Waals surface area (Å²) in [5.74, 6) is 1.10. The molecule has 0 spiro atoms. The highest BCUT2D eigenvalue weighted by Gasteiger charge is 2.25. The molecule has 0 fully saturated rings. The molecular weight excluding hydrogens is 346 g/mol. The van der Waals surface area contributed by atoms with Crippen molar-refractivity contribution in [2.75, 3.05) is 6.54 Å². The highest BCUT2D eigenvalue weighted by molar-refractivity contribution is 9.10. The Morgan fingerprint density at radius 2 is 2.45 bits per heavy atom. The monoisotopic (exact) mass is 359 g/mol. The summed E-state index contributed by atoms with van der Waals surface area (Å²) in [5, 5.41) is 6.24. The van der Waals surface area contributed by atoms with E-state index in [1.807, 2.05) is 0 Å². The van der Waals surface area contributed by atoms with Crippen molar-refractivity contribution < 1.29 is 8.98 Å². The number of hydrogen-bond acceptors (Lipinski definition) is 7. The highest BCUT2D eigenvalue weighted by atomic mass is 79.9. The number of nitrogens with one attached hydrogen (secondary N) is 3. The van der Waals surface area contributed by atoms with Crippen LogP contribution in [-0.2, 0) is 4.79 Å². The average Bonchev–Trinajstić information content (AvgIpc) is 3.01. The van der Waals surface area contributed by atoms with Gasteiger partial charge in [0.2, 0.25) is 11.5 Å². The van der Waals surface area contributed by atoms with Crippen LogP contribution >= 0.6 is 28.0 Å². The van der Waals surface area contributed by atoms with Crippen LogP contribution in [0.5, 0.6) is 5.88 Å². The molecule has 0 radical (unpaired) electrons. The summed E-state index contributed by atoms with van der Waals surface area (Å²) < 4.78 is 5.74. The quantitative estimate of drug-likeness (QED) is 0.360.